The Morgan fingerprint density at radius 2 is 2.06 bits per heavy atom. The number of halogens is 1. The van der Waals surface area contributed by atoms with Crippen molar-refractivity contribution in [2.75, 3.05) is 12.0 Å². The van der Waals surface area contributed by atoms with Gasteiger partial charge in [0.2, 0.25) is 5.91 Å². The van der Waals surface area contributed by atoms with E-state index in [1.165, 1.54) is 17.4 Å². The lowest BCUT2D eigenvalue weighted by molar-refractivity contribution is -0.118. The number of hydrogen-bond acceptors (Lipinski definition) is 4. The number of fused-ring (bicyclic) bond motifs is 2. The summed E-state index contributed by atoms with van der Waals surface area (Å²) in [7, 11) is 1.64. The van der Waals surface area contributed by atoms with Crippen LogP contribution in [0.3, 0.4) is 0 Å². The summed E-state index contributed by atoms with van der Waals surface area (Å²) in [6.45, 7) is 2.05. The second-order valence-corrected chi connectivity index (χ2v) is 8.67. The molecule has 3 heterocycles. The van der Waals surface area contributed by atoms with Crippen molar-refractivity contribution in [1.82, 2.24) is 9.38 Å². The Morgan fingerprint density at radius 3 is 2.84 bits per heavy atom. The number of hydrogen-bond donors (Lipinski definition) is 0. The van der Waals surface area contributed by atoms with E-state index < -0.39 is 0 Å². The summed E-state index contributed by atoms with van der Waals surface area (Å²) >= 11 is 1.52. The van der Waals surface area contributed by atoms with Crippen molar-refractivity contribution in [3.8, 4) is 17.0 Å². The molecule has 158 valence electrons. The van der Waals surface area contributed by atoms with Gasteiger partial charge >= 0.3 is 0 Å². The topological polar surface area (TPSA) is 46.8 Å². The number of aryl methyl sites for hydroxylation is 1. The Morgan fingerprint density at radius 1 is 1.26 bits per heavy atom. The van der Waals surface area contributed by atoms with Crippen LogP contribution < -0.4 is 9.64 Å². The SMILES string of the molecule is COc1ccc(-c2cn3c(CC(=O)N4c5ccc(F)cc5CCC4C)csc3n2)cc1. The van der Waals surface area contributed by atoms with Crippen molar-refractivity contribution in [3.63, 3.8) is 0 Å². The van der Waals surface area contributed by atoms with E-state index in [1.807, 2.05) is 52.1 Å². The molecule has 0 fully saturated rings. The summed E-state index contributed by atoms with van der Waals surface area (Å²) in [5.41, 5.74) is 4.47. The summed E-state index contributed by atoms with van der Waals surface area (Å²) in [4.78, 5) is 20.7. The van der Waals surface area contributed by atoms with Crippen LogP contribution in [0.25, 0.3) is 16.2 Å². The smallest absolute Gasteiger partial charge is 0.233 e. The molecule has 5 nitrogen and oxygen atoms in total. The lowest BCUT2D eigenvalue weighted by Crippen LogP contribution is -2.43. The molecular weight excluding hydrogens is 413 g/mol. The molecule has 1 atom stereocenters. The fourth-order valence-electron chi connectivity index (χ4n) is 4.20. The van der Waals surface area contributed by atoms with Crippen LogP contribution in [-0.4, -0.2) is 28.4 Å². The molecule has 1 unspecified atom stereocenters. The van der Waals surface area contributed by atoms with Crippen molar-refractivity contribution < 1.29 is 13.9 Å². The minimum atomic E-state index is -0.260. The second-order valence-electron chi connectivity index (χ2n) is 7.84. The average molecular weight is 436 g/mol. The van der Waals surface area contributed by atoms with Gasteiger partial charge in [-0.05, 0) is 67.8 Å². The van der Waals surface area contributed by atoms with E-state index in [0.717, 1.165) is 51.8 Å². The minimum Gasteiger partial charge on any atom is -0.497 e. The van der Waals surface area contributed by atoms with Crippen LogP contribution in [0.4, 0.5) is 10.1 Å². The second kappa shape index (κ2) is 7.81. The Hall–Kier alpha value is -3.19. The Bertz CT molecular complexity index is 1260. The quantitative estimate of drug-likeness (QED) is 0.447. The number of aromatic nitrogens is 2. The maximum Gasteiger partial charge on any atom is 0.233 e. The number of rotatable bonds is 4. The van der Waals surface area contributed by atoms with Gasteiger partial charge in [0.1, 0.15) is 11.6 Å². The van der Waals surface area contributed by atoms with E-state index >= 15 is 0 Å². The third kappa shape index (κ3) is 3.59. The van der Waals surface area contributed by atoms with Crippen molar-refractivity contribution in [1.29, 1.82) is 0 Å². The van der Waals surface area contributed by atoms with Crippen molar-refractivity contribution in [3.05, 3.63) is 71.1 Å². The maximum absolute atomic E-state index is 13.7. The number of imidazole rings is 1. The Labute approximate surface area is 183 Å². The largest absolute Gasteiger partial charge is 0.497 e. The highest BCUT2D eigenvalue weighted by atomic mass is 32.1. The highest BCUT2D eigenvalue weighted by Crippen LogP contribution is 2.32. The third-order valence-corrected chi connectivity index (χ3v) is 6.73. The molecule has 0 saturated carbocycles. The number of ether oxygens (including phenoxy) is 1. The molecule has 0 spiro atoms. The fourth-order valence-corrected chi connectivity index (χ4v) is 5.07. The van der Waals surface area contributed by atoms with Crippen LogP contribution in [0.5, 0.6) is 5.75 Å². The van der Waals surface area contributed by atoms with Gasteiger partial charge in [0, 0.05) is 34.6 Å². The van der Waals surface area contributed by atoms with E-state index in [1.54, 1.807) is 19.2 Å². The Balaban J connectivity index is 1.43. The molecule has 0 radical (unpaired) electrons. The van der Waals surface area contributed by atoms with Gasteiger partial charge in [0.05, 0.1) is 19.2 Å². The number of benzene rings is 2. The highest BCUT2D eigenvalue weighted by molar-refractivity contribution is 7.15. The minimum absolute atomic E-state index is 0.0134. The zero-order valence-corrected chi connectivity index (χ0v) is 18.2. The van der Waals surface area contributed by atoms with Crippen molar-refractivity contribution in [2.45, 2.75) is 32.2 Å². The molecule has 2 aromatic heterocycles. The van der Waals surface area contributed by atoms with E-state index in [4.69, 9.17) is 9.72 Å². The number of carbonyl (C=O) groups excluding carboxylic acids is 1. The first-order chi connectivity index (χ1) is 15.0. The molecule has 1 amide bonds. The van der Waals surface area contributed by atoms with Gasteiger partial charge in [-0.2, -0.15) is 0 Å². The first kappa shape index (κ1) is 19.8. The van der Waals surface area contributed by atoms with E-state index in [2.05, 4.69) is 0 Å². The summed E-state index contributed by atoms with van der Waals surface area (Å²) < 4.78 is 20.9. The van der Waals surface area contributed by atoms with E-state index in [0.29, 0.717) is 0 Å². The third-order valence-electron chi connectivity index (χ3n) is 5.84. The van der Waals surface area contributed by atoms with E-state index in [9.17, 15) is 9.18 Å². The van der Waals surface area contributed by atoms with Crippen LogP contribution >= 0.6 is 11.3 Å². The molecule has 0 aliphatic carbocycles. The van der Waals surface area contributed by atoms with Gasteiger partial charge in [0.25, 0.3) is 0 Å². The molecule has 4 aromatic rings. The lowest BCUT2D eigenvalue weighted by atomic mass is 9.96. The first-order valence-electron chi connectivity index (χ1n) is 10.2. The first-order valence-corrected chi connectivity index (χ1v) is 11.1. The molecule has 5 rings (SSSR count). The Kier molecular flexibility index (Phi) is 4.98. The van der Waals surface area contributed by atoms with Crippen molar-refractivity contribution in [2.24, 2.45) is 0 Å². The molecule has 1 aliphatic rings. The monoisotopic (exact) mass is 435 g/mol. The average Bonchev–Trinajstić information content (AvgIpc) is 3.36. The summed E-state index contributed by atoms with van der Waals surface area (Å²) in [5.74, 6) is 0.552. The molecular formula is C24H22FN3O2S. The molecule has 7 heteroatoms. The predicted molar refractivity (Wildman–Crippen MR) is 120 cm³/mol. The van der Waals surface area contributed by atoms with Gasteiger partial charge in [-0.25, -0.2) is 9.37 Å². The molecule has 0 saturated heterocycles. The number of anilines is 1. The summed E-state index contributed by atoms with van der Waals surface area (Å²) in [6.07, 6.45) is 3.85. The van der Waals surface area contributed by atoms with Crippen LogP contribution in [0, 0.1) is 5.82 Å². The molecule has 31 heavy (non-hydrogen) atoms. The number of carbonyl (C=O) groups is 1. The zero-order chi connectivity index (χ0) is 21.5. The number of amides is 1. The fraction of sp³-hybridized carbons (Fsp3) is 0.250. The molecule has 1 aliphatic heterocycles. The number of nitrogens with zero attached hydrogens (tertiary/aromatic N) is 3. The van der Waals surface area contributed by atoms with Crippen molar-refractivity contribution >= 4 is 27.9 Å². The summed E-state index contributed by atoms with van der Waals surface area (Å²) in [5, 5.41) is 1.98. The molecule has 2 aromatic carbocycles. The van der Waals surface area contributed by atoms with Crippen LogP contribution in [0.2, 0.25) is 0 Å². The maximum atomic E-state index is 13.7. The highest BCUT2D eigenvalue weighted by Gasteiger charge is 2.29. The van der Waals surface area contributed by atoms with Gasteiger partial charge in [0.15, 0.2) is 4.96 Å². The van der Waals surface area contributed by atoms with Crippen LogP contribution in [0.1, 0.15) is 24.6 Å². The van der Waals surface area contributed by atoms with Crippen LogP contribution in [0.15, 0.2) is 54.0 Å². The lowest BCUT2D eigenvalue weighted by Gasteiger charge is -2.35. The zero-order valence-electron chi connectivity index (χ0n) is 17.3. The normalized spacial score (nSPS) is 15.8. The van der Waals surface area contributed by atoms with Gasteiger partial charge in [-0.15, -0.1) is 11.3 Å². The standard InChI is InChI=1S/C24H22FN3O2S/c1-15-3-4-17-11-18(25)7-10-22(17)28(15)23(29)12-19-14-31-24-26-21(13-27(19)24)16-5-8-20(30-2)9-6-16/h5-11,13-15H,3-4,12H2,1-2H3. The number of methoxy groups -OCH3 is 1. The van der Waals surface area contributed by atoms with Crippen LogP contribution in [-0.2, 0) is 17.6 Å². The predicted octanol–water partition coefficient (Wildman–Crippen LogP) is 5.12. The number of thiazole rings is 1. The summed E-state index contributed by atoms with van der Waals surface area (Å²) in [6, 6.07) is 12.5. The molecule has 0 bridgehead atoms. The van der Waals surface area contributed by atoms with Gasteiger partial charge < -0.3 is 9.64 Å². The van der Waals surface area contributed by atoms with E-state index in [-0.39, 0.29) is 24.2 Å². The van der Waals surface area contributed by atoms with Gasteiger partial charge in [-0.3, -0.25) is 9.20 Å². The van der Waals surface area contributed by atoms with Gasteiger partial charge in [-0.1, -0.05) is 0 Å². The molecule has 0 N–H and O–H groups in total.